The molecule has 0 N–H and O–H groups in total. The van der Waals surface area contributed by atoms with Gasteiger partial charge in [0.1, 0.15) is 5.54 Å². The fourth-order valence-electron chi connectivity index (χ4n) is 7.33. The van der Waals surface area contributed by atoms with Crippen LogP contribution in [0.1, 0.15) is 62.0 Å². The summed E-state index contributed by atoms with van der Waals surface area (Å²) in [5.74, 6) is 4.56. The van der Waals surface area contributed by atoms with Crippen molar-refractivity contribution in [2.75, 3.05) is 4.90 Å². The van der Waals surface area contributed by atoms with Gasteiger partial charge in [-0.3, -0.25) is 0 Å². The summed E-state index contributed by atoms with van der Waals surface area (Å²) in [4.78, 5) is 2.76. The van der Waals surface area contributed by atoms with Crippen LogP contribution in [0.5, 0.6) is 0 Å². The fraction of sp³-hybridized carbons (Fsp3) is 0.591. The fourth-order valence-corrected chi connectivity index (χ4v) is 7.33. The summed E-state index contributed by atoms with van der Waals surface area (Å²) in [5.41, 5.74) is 4.15. The zero-order valence-corrected chi connectivity index (χ0v) is 15.1. The number of nitrogens with zero attached hydrogens (tertiary/aromatic N) is 2. The number of hydrogen-bond acceptors (Lipinski definition) is 3. The van der Waals surface area contributed by atoms with Crippen LogP contribution in [0.4, 0.5) is 5.69 Å². The first-order valence-electron chi connectivity index (χ1n) is 9.99. The van der Waals surface area contributed by atoms with E-state index in [-0.39, 0.29) is 5.54 Å². The van der Waals surface area contributed by atoms with Gasteiger partial charge in [-0.2, -0.15) is 0 Å². The Bertz CT molecular complexity index is 810. The molecule has 4 aliphatic carbocycles. The first kappa shape index (κ1) is 14.4. The minimum atomic E-state index is 0.0464. The molecule has 1 unspecified atom stereocenters. The first-order valence-corrected chi connectivity index (χ1v) is 9.99. The van der Waals surface area contributed by atoms with Crippen molar-refractivity contribution in [3.05, 3.63) is 47.3 Å². The van der Waals surface area contributed by atoms with Crippen LogP contribution in [0.25, 0.3) is 0 Å². The Morgan fingerprint density at radius 3 is 2.40 bits per heavy atom. The van der Waals surface area contributed by atoms with E-state index >= 15 is 0 Å². The van der Waals surface area contributed by atoms with Gasteiger partial charge in [0.2, 0.25) is 0 Å². The standard InChI is InChI=1S/C22H26N2O/c1-13-5-3-4-6-20(13)24-14(2)19-12-23-25-21(19)22(24)17-8-15-7-16(10-17)11-18(22)9-15/h3-6,12,14-18H,7-11H2,1-2H3. The van der Waals surface area contributed by atoms with Crippen molar-refractivity contribution in [1.82, 2.24) is 5.16 Å². The lowest BCUT2D eigenvalue weighted by molar-refractivity contribution is -0.0703. The number of fused-ring (bicyclic) bond motifs is 1. The number of aromatic nitrogens is 1. The van der Waals surface area contributed by atoms with E-state index in [1.807, 2.05) is 6.20 Å². The van der Waals surface area contributed by atoms with Gasteiger partial charge < -0.3 is 9.42 Å². The molecule has 1 atom stereocenters. The molecule has 7 rings (SSSR count). The highest BCUT2D eigenvalue weighted by Gasteiger charge is 2.66. The third-order valence-corrected chi connectivity index (χ3v) is 7.96. The molecule has 3 nitrogen and oxygen atoms in total. The van der Waals surface area contributed by atoms with Crippen LogP contribution in [0.2, 0.25) is 0 Å². The Balaban J connectivity index is 1.61. The van der Waals surface area contributed by atoms with Crippen LogP contribution >= 0.6 is 0 Å². The van der Waals surface area contributed by atoms with Crippen LogP contribution in [-0.4, -0.2) is 5.16 Å². The second-order valence-electron chi connectivity index (χ2n) is 9.07. The summed E-state index contributed by atoms with van der Waals surface area (Å²) in [6.07, 6.45) is 8.98. The highest BCUT2D eigenvalue weighted by atomic mass is 16.5. The van der Waals surface area contributed by atoms with E-state index < -0.39 is 0 Å². The zero-order chi connectivity index (χ0) is 16.8. The van der Waals surface area contributed by atoms with Gasteiger partial charge in [0.25, 0.3) is 0 Å². The molecule has 0 saturated heterocycles. The maximum absolute atomic E-state index is 6.03. The molecule has 25 heavy (non-hydrogen) atoms. The molecule has 2 aromatic rings. The number of para-hydroxylation sites is 1. The van der Waals surface area contributed by atoms with Crippen LogP contribution in [-0.2, 0) is 5.54 Å². The second-order valence-corrected chi connectivity index (χ2v) is 9.07. The van der Waals surface area contributed by atoms with Crippen molar-refractivity contribution >= 4 is 5.69 Å². The summed E-state index contributed by atoms with van der Waals surface area (Å²) in [5, 5.41) is 4.25. The maximum Gasteiger partial charge on any atom is 0.168 e. The third kappa shape index (κ3) is 1.61. The maximum atomic E-state index is 6.03. The molecule has 1 aromatic carbocycles. The molecule has 0 amide bonds. The smallest absolute Gasteiger partial charge is 0.168 e. The van der Waals surface area contributed by atoms with Crippen LogP contribution in [0, 0.1) is 30.6 Å². The molecule has 5 aliphatic rings. The van der Waals surface area contributed by atoms with E-state index in [1.165, 1.54) is 54.7 Å². The molecule has 130 valence electrons. The molecule has 1 aliphatic heterocycles. The molecule has 0 radical (unpaired) electrons. The number of hydrogen-bond donors (Lipinski definition) is 0. The Morgan fingerprint density at radius 2 is 1.72 bits per heavy atom. The molecule has 4 fully saturated rings. The van der Waals surface area contributed by atoms with Crippen molar-refractivity contribution in [2.24, 2.45) is 23.7 Å². The van der Waals surface area contributed by atoms with E-state index in [4.69, 9.17) is 4.52 Å². The van der Waals surface area contributed by atoms with Gasteiger partial charge in [-0.05, 0) is 81.3 Å². The Morgan fingerprint density at radius 1 is 1.04 bits per heavy atom. The lowest BCUT2D eigenvalue weighted by Gasteiger charge is -2.62. The lowest BCUT2D eigenvalue weighted by Crippen LogP contribution is -2.62. The predicted molar refractivity (Wildman–Crippen MR) is 97.3 cm³/mol. The van der Waals surface area contributed by atoms with Crippen molar-refractivity contribution in [3.8, 4) is 0 Å². The molecule has 4 bridgehead atoms. The topological polar surface area (TPSA) is 29.3 Å². The average Bonchev–Trinajstić information content (AvgIpc) is 3.15. The Labute approximate surface area is 149 Å². The van der Waals surface area contributed by atoms with E-state index in [9.17, 15) is 0 Å². The summed E-state index contributed by atoms with van der Waals surface area (Å²) in [6, 6.07) is 9.27. The van der Waals surface area contributed by atoms with Gasteiger partial charge in [-0.1, -0.05) is 23.4 Å². The molecule has 4 saturated carbocycles. The monoisotopic (exact) mass is 334 g/mol. The van der Waals surface area contributed by atoms with E-state index in [0.717, 1.165) is 23.7 Å². The summed E-state index contributed by atoms with van der Waals surface area (Å²) in [7, 11) is 0. The van der Waals surface area contributed by atoms with Crippen LogP contribution in [0.15, 0.2) is 35.0 Å². The number of rotatable bonds is 1. The van der Waals surface area contributed by atoms with Gasteiger partial charge >= 0.3 is 0 Å². The zero-order valence-electron chi connectivity index (χ0n) is 15.1. The quantitative estimate of drug-likeness (QED) is 0.716. The summed E-state index contributed by atoms with van der Waals surface area (Å²) < 4.78 is 6.03. The minimum absolute atomic E-state index is 0.0464. The molecular formula is C22H26N2O. The number of anilines is 1. The molecule has 1 spiro atoms. The van der Waals surface area contributed by atoms with Crippen molar-refractivity contribution in [3.63, 3.8) is 0 Å². The predicted octanol–water partition coefficient (Wildman–Crippen LogP) is 5.22. The van der Waals surface area contributed by atoms with Crippen molar-refractivity contribution in [2.45, 2.75) is 57.5 Å². The Kier molecular flexibility index (Phi) is 2.70. The van der Waals surface area contributed by atoms with Crippen molar-refractivity contribution < 1.29 is 4.52 Å². The summed E-state index contributed by atoms with van der Waals surface area (Å²) in [6.45, 7) is 4.60. The largest absolute Gasteiger partial charge is 0.358 e. The SMILES string of the molecule is Cc1ccccc1N1C(C)c2cnoc2C12C1CC3CC(C1)CC2C3. The van der Waals surface area contributed by atoms with Gasteiger partial charge in [0.05, 0.1) is 12.2 Å². The lowest BCUT2D eigenvalue weighted by atomic mass is 9.48. The molecule has 2 heterocycles. The summed E-state index contributed by atoms with van der Waals surface area (Å²) >= 11 is 0. The molecule has 3 heteroatoms. The first-order chi connectivity index (χ1) is 12.2. The number of aryl methyl sites for hydroxylation is 1. The normalized spacial score (nSPS) is 40.9. The Hall–Kier alpha value is -1.77. The van der Waals surface area contributed by atoms with Crippen LogP contribution in [0.3, 0.4) is 0 Å². The van der Waals surface area contributed by atoms with Gasteiger partial charge in [-0.25, -0.2) is 0 Å². The van der Waals surface area contributed by atoms with Crippen LogP contribution < -0.4 is 4.90 Å². The highest BCUT2D eigenvalue weighted by molar-refractivity contribution is 5.62. The molecular weight excluding hydrogens is 308 g/mol. The van der Waals surface area contributed by atoms with Gasteiger partial charge in [-0.15, -0.1) is 0 Å². The second kappa shape index (κ2) is 4.69. The minimum Gasteiger partial charge on any atom is -0.358 e. The highest BCUT2D eigenvalue weighted by Crippen LogP contribution is 2.68. The van der Waals surface area contributed by atoms with Gasteiger partial charge in [0, 0.05) is 11.3 Å². The van der Waals surface area contributed by atoms with Crippen molar-refractivity contribution in [1.29, 1.82) is 0 Å². The van der Waals surface area contributed by atoms with E-state index in [1.54, 1.807) is 0 Å². The molecule has 1 aromatic heterocycles. The van der Waals surface area contributed by atoms with Gasteiger partial charge in [0.15, 0.2) is 5.76 Å². The third-order valence-electron chi connectivity index (χ3n) is 7.96. The van der Waals surface area contributed by atoms with E-state index in [2.05, 4.69) is 48.2 Å². The number of benzene rings is 1. The average molecular weight is 334 g/mol. The van der Waals surface area contributed by atoms with E-state index in [0.29, 0.717) is 6.04 Å².